The Kier molecular flexibility index (Phi) is 4.70. The largest absolute Gasteiger partial charge is 0.355 e. The van der Waals surface area contributed by atoms with Crippen LogP contribution in [0, 0.1) is 0 Å². The molecule has 2 heterocycles. The molecule has 2 aromatic heterocycles. The van der Waals surface area contributed by atoms with Crippen LogP contribution in [-0.4, -0.2) is 17.1 Å². The molecule has 0 bridgehead atoms. The van der Waals surface area contributed by atoms with Crippen LogP contribution in [0.15, 0.2) is 28.1 Å². The lowest BCUT2D eigenvalue weighted by Crippen LogP contribution is -2.35. The van der Waals surface area contributed by atoms with Gasteiger partial charge in [0, 0.05) is 12.1 Å². The summed E-state index contributed by atoms with van der Waals surface area (Å²) in [6, 6.07) is 5.92. The molecule has 1 saturated carbocycles. The number of carbonyl (C=O) groups is 1. The van der Waals surface area contributed by atoms with Gasteiger partial charge < -0.3 is 9.84 Å². The molecular weight excluding hydrogens is 284 g/mol. The average Bonchev–Trinajstić information content (AvgIpc) is 3.10. The number of nitrogens with zero attached hydrogens (tertiary/aromatic N) is 1. The molecule has 1 fully saturated rings. The van der Waals surface area contributed by atoms with Gasteiger partial charge in [-0.3, -0.25) is 4.79 Å². The predicted molar refractivity (Wildman–Crippen MR) is 83.4 cm³/mol. The molecule has 4 nitrogen and oxygen atoms in total. The van der Waals surface area contributed by atoms with Gasteiger partial charge in [0.15, 0.2) is 11.5 Å². The minimum atomic E-state index is -0.118. The van der Waals surface area contributed by atoms with Gasteiger partial charge in [-0.1, -0.05) is 43.3 Å². The maximum Gasteiger partial charge on any atom is 0.273 e. The van der Waals surface area contributed by atoms with Crippen LogP contribution in [0.4, 0.5) is 0 Å². The first-order valence-corrected chi connectivity index (χ1v) is 8.52. The van der Waals surface area contributed by atoms with Gasteiger partial charge in [0.1, 0.15) is 0 Å². The summed E-state index contributed by atoms with van der Waals surface area (Å²) in [4.78, 5) is 13.3. The molecule has 1 aliphatic carbocycles. The normalized spacial score (nSPS) is 17.1. The first kappa shape index (κ1) is 14.3. The summed E-state index contributed by atoms with van der Waals surface area (Å²) in [5.41, 5.74) is 0.375. The van der Waals surface area contributed by atoms with E-state index >= 15 is 0 Å². The van der Waals surface area contributed by atoms with Gasteiger partial charge in [0.05, 0.1) is 4.88 Å². The summed E-state index contributed by atoms with van der Waals surface area (Å²) in [6.07, 6.45) is 8.42. The number of hydrogen-bond acceptors (Lipinski definition) is 4. The van der Waals surface area contributed by atoms with E-state index in [0.717, 1.165) is 17.7 Å². The molecule has 0 unspecified atom stereocenters. The molecule has 0 aromatic carbocycles. The van der Waals surface area contributed by atoms with Gasteiger partial charge in [0.2, 0.25) is 0 Å². The summed E-state index contributed by atoms with van der Waals surface area (Å²) in [5, 5.41) is 8.98. The van der Waals surface area contributed by atoms with Crippen molar-refractivity contribution in [1.29, 1.82) is 0 Å². The van der Waals surface area contributed by atoms with E-state index in [1.165, 1.54) is 32.1 Å². The Hall–Kier alpha value is -1.62. The number of thiophene rings is 1. The number of rotatable bonds is 3. The number of nitrogens with one attached hydrogen (secondary N) is 1. The zero-order chi connectivity index (χ0) is 14.5. The molecular formula is C16H20N2O2S. The smallest absolute Gasteiger partial charge is 0.273 e. The third kappa shape index (κ3) is 3.73. The van der Waals surface area contributed by atoms with Crippen molar-refractivity contribution >= 4 is 17.2 Å². The van der Waals surface area contributed by atoms with E-state index in [0.29, 0.717) is 11.5 Å². The van der Waals surface area contributed by atoms with Gasteiger partial charge in [-0.2, -0.15) is 0 Å². The fourth-order valence-electron chi connectivity index (χ4n) is 2.78. The molecule has 5 heteroatoms. The van der Waals surface area contributed by atoms with Crippen molar-refractivity contribution < 1.29 is 9.32 Å². The Morgan fingerprint density at radius 1 is 1.24 bits per heavy atom. The first-order valence-electron chi connectivity index (χ1n) is 7.64. The summed E-state index contributed by atoms with van der Waals surface area (Å²) in [5.74, 6) is 0.542. The number of aromatic nitrogens is 1. The topological polar surface area (TPSA) is 55.1 Å². The van der Waals surface area contributed by atoms with Crippen LogP contribution in [0.1, 0.15) is 55.4 Å². The summed E-state index contributed by atoms with van der Waals surface area (Å²) in [7, 11) is 0. The molecule has 0 saturated heterocycles. The molecule has 0 spiro atoms. The lowest BCUT2D eigenvalue weighted by Gasteiger charge is -2.20. The highest BCUT2D eigenvalue weighted by atomic mass is 32.1. The molecule has 2 aromatic rings. The van der Waals surface area contributed by atoms with Gasteiger partial charge in [-0.15, -0.1) is 11.3 Å². The van der Waals surface area contributed by atoms with E-state index < -0.39 is 0 Å². The second-order valence-corrected chi connectivity index (χ2v) is 6.52. The van der Waals surface area contributed by atoms with E-state index in [9.17, 15) is 4.79 Å². The van der Waals surface area contributed by atoms with Crippen molar-refractivity contribution in [3.8, 4) is 10.6 Å². The average molecular weight is 304 g/mol. The molecule has 1 aliphatic rings. The number of amides is 1. The molecule has 1 N–H and O–H groups in total. The van der Waals surface area contributed by atoms with E-state index in [1.807, 2.05) is 17.5 Å². The summed E-state index contributed by atoms with van der Waals surface area (Å²) >= 11 is 1.58. The Morgan fingerprint density at radius 2 is 2.00 bits per heavy atom. The lowest BCUT2D eigenvalue weighted by atomic mass is 9.96. The van der Waals surface area contributed by atoms with Crippen LogP contribution >= 0.6 is 11.3 Å². The van der Waals surface area contributed by atoms with Crippen molar-refractivity contribution in [1.82, 2.24) is 10.5 Å². The zero-order valence-electron chi connectivity index (χ0n) is 12.0. The fourth-order valence-corrected chi connectivity index (χ4v) is 3.45. The maximum absolute atomic E-state index is 12.3. The highest BCUT2D eigenvalue weighted by molar-refractivity contribution is 7.13. The van der Waals surface area contributed by atoms with Gasteiger partial charge >= 0.3 is 0 Å². The first-order chi connectivity index (χ1) is 10.3. The van der Waals surface area contributed by atoms with Gasteiger partial charge in [0.25, 0.3) is 5.91 Å². The second-order valence-electron chi connectivity index (χ2n) is 5.57. The third-order valence-electron chi connectivity index (χ3n) is 3.95. The lowest BCUT2D eigenvalue weighted by molar-refractivity contribution is 0.0921. The van der Waals surface area contributed by atoms with Crippen LogP contribution < -0.4 is 5.32 Å². The molecule has 0 aliphatic heterocycles. The Labute approximate surface area is 128 Å². The third-order valence-corrected chi connectivity index (χ3v) is 4.83. The number of carbonyl (C=O) groups excluding carboxylic acids is 1. The Balaban J connectivity index is 1.62. The highest BCUT2D eigenvalue weighted by Crippen LogP contribution is 2.25. The van der Waals surface area contributed by atoms with Crippen molar-refractivity contribution in [2.24, 2.45) is 0 Å². The SMILES string of the molecule is O=C(NC1CCCCCCC1)c1cc(-c2cccs2)on1. The molecule has 0 atom stereocenters. The van der Waals surface area contributed by atoms with E-state index in [2.05, 4.69) is 10.5 Å². The van der Waals surface area contributed by atoms with Gasteiger partial charge in [-0.25, -0.2) is 0 Å². The zero-order valence-corrected chi connectivity index (χ0v) is 12.8. The molecule has 21 heavy (non-hydrogen) atoms. The van der Waals surface area contributed by atoms with Crippen molar-refractivity contribution in [3.63, 3.8) is 0 Å². The van der Waals surface area contributed by atoms with E-state index in [-0.39, 0.29) is 11.9 Å². The Bertz CT molecular complexity index is 569. The predicted octanol–water partition coefficient (Wildman–Crippen LogP) is 4.25. The van der Waals surface area contributed by atoms with Crippen LogP contribution in [0.2, 0.25) is 0 Å². The molecule has 0 radical (unpaired) electrons. The quantitative estimate of drug-likeness (QED) is 0.922. The number of hydrogen-bond donors (Lipinski definition) is 1. The minimum absolute atomic E-state index is 0.118. The molecule has 3 rings (SSSR count). The van der Waals surface area contributed by atoms with Crippen LogP contribution in [0.3, 0.4) is 0 Å². The second kappa shape index (κ2) is 6.89. The standard InChI is InChI=1S/C16H20N2O2S/c19-16(17-12-7-4-2-1-3-5-8-12)13-11-14(20-18-13)15-9-6-10-21-15/h6,9-12H,1-5,7-8H2,(H,17,19). The summed E-state index contributed by atoms with van der Waals surface area (Å²) < 4.78 is 5.26. The fraction of sp³-hybridized carbons (Fsp3) is 0.500. The Morgan fingerprint density at radius 3 is 2.71 bits per heavy atom. The van der Waals surface area contributed by atoms with Crippen LogP contribution in [-0.2, 0) is 0 Å². The van der Waals surface area contributed by atoms with Crippen molar-refractivity contribution in [2.75, 3.05) is 0 Å². The van der Waals surface area contributed by atoms with Crippen molar-refractivity contribution in [3.05, 3.63) is 29.3 Å². The van der Waals surface area contributed by atoms with Crippen LogP contribution in [0.5, 0.6) is 0 Å². The highest BCUT2D eigenvalue weighted by Gasteiger charge is 2.18. The van der Waals surface area contributed by atoms with E-state index in [1.54, 1.807) is 17.4 Å². The molecule has 112 valence electrons. The minimum Gasteiger partial charge on any atom is -0.355 e. The molecule has 1 amide bonds. The van der Waals surface area contributed by atoms with E-state index in [4.69, 9.17) is 4.52 Å². The summed E-state index contributed by atoms with van der Waals surface area (Å²) in [6.45, 7) is 0. The maximum atomic E-state index is 12.3. The van der Waals surface area contributed by atoms with Crippen LogP contribution in [0.25, 0.3) is 10.6 Å². The van der Waals surface area contributed by atoms with Crippen molar-refractivity contribution in [2.45, 2.75) is 51.0 Å². The van der Waals surface area contributed by atoms with Gasteiger partial charge in [-0.05, 0) is 24.3 Å². The monoisotopic (exact) mass is 304 g/mol.